The monoisotopic (exact) mass is 282 g/mol. The molecule has 0 heterocycles. The van der Waals surface area contributed by atoms with Crippen molar-refractivity contribution in [2.24, 2.45) is 0 Å². The maximum absolute atomic E-state index is 12.1. The molecule has 0 aliphatic rings. The summed E-state index contributed by atoms with van der Waals surface area (Å²) in [7, 11) is 0. The molecule has 3 heteroatoms. The largest absolute Gasteiger partial charge is 0.399 e. The number of anilines is 1. The lowest BCUT2D eigenvalue weighted by Crippen LogP contribution is -2.28. The number of benzene rings is 2. The molecule has 110 valence electrons. The van der Waals surface area contributed by atoms with Crippen LogP contribution in [0.5, 0.6) is 0 Å². The summed E-state index contributed by atoms with van der Waals surface area (Å²) in [5.74, 6) is 0.0215. The molecular weight excluding hydrogens is 260 g/mol. The Labute approximate surface area is 126 Å². The molecule has 2 aromatic carbocycles. The van der Waals surface area contributed by atoms with Crippen molar-refractivity contribution < 1.29 is 4.79 Å². The first kappa shape index (κ1) is 15.1. The molecule has 0 saturated carbocycles. The zero-order chi connectivity index (χ0) is 15.4. The smallest absolute Gasteiger partial charge is 0.224 e. The quantitative estimate of drug-likeness (QED) is 0.845. The lowest BCUT2D eigenvalue weighted by molar-refractivity contribution is -0.121. The van der Waals surface area contributed by atoms with Crippen LogP contribution in [0.25, 0.3) is 0 Å². The van der Waals surface area contributed by atoms with E-state index in [-0.39, 0.29) is 11.9 Å². The summed E-state index contributed by atoms with van der Waals surface area (Å²) in [5.41, 5.74) is 11.0. The highest BCUT2D eigenvalue weighted by molar-refractivity contribution is 5.79. The van der Waals surface area contributed by atoms with Crippen LogP contribution in [-0.2, 0) is 11.2 Å². The van der Waals surface area contributed by atoms with E-state index < -0.39 is 0 Å². The van der Waals surface area contributed by atoms with Gasteiger partial charge in [-0.1, -0.05) is 30.3 Å². The predicted octanol–water partition coefficient (Wildman–Crippen LogP) is 3.31. The molecule has 0 bridgehead atoms. The van der Waals surface area contributed by atoms with Crippen molar-refractivity contribution in [1.82, 2.24) is 5.32 Å². The Morgan fingerprint density at radius 3 is 2.57 bits per heavy atom. The first-order chi connectivity index (χ1) is 9.95. The second kappa shape index (κ2) is 6.44. The summed E-state index contributed by atoms with van der Waals surface area (Å²) in [5, 5.41) is 3.01. The van der Waals surface area contributed by atoms with E-state index in [2.05, 4.69) is 31.3 Å². The molecule has 1 unspecified atom stereocenters. The van der Waals surface area contributed by atoms with Crippen LogP contribution in [-0.4, -0.2) is 5.91 Å². The molecule has 3 N–H and O–H groups in total. The van der Waals surface area contributed by atoms with Gasteiger partial charge in [0.25, 0.3) is 0 Å². The second-order valence-electron chi connectivity index (χ2n) is 5.55. The van der Waals surface area contributed by atoms with Gasteiger partial charge in [-0.3, -0.25) is 4.79 Å². The Bertz CT molecular complexity index is 649. The highest BCUT2D eigenvalue weighted by Gasteiger charge is 2.10. The van der Waals surface area contributed by atoms with E-state index in [1.807, 2.05) is 37.3 Å². The fourth-order valence-electron chi connectivity index (χ4n) is 2.30. The molecule has 3 nitrogen and oxygen atoms in total. The molecule has 0 spiro atoms. The Balaban J connectivity index is 1.99. The molecule has 0 fully saturated rings. The van der Waals surface area contributed by atoms with Gasteiger partial charge in [0.2, 0.25) is 5.91 Å². The number of nitrogens with two attached hydrogens (primary N) is 1. The normalized spacial score (nSPS) is 12.0. The molecule has 1 amide bonds. The van der Waals surface area contributed by atoms with Gasteiger partial charge in [0.05, 0.1) is 12.5 Å². The first-order valence-corrected chi connectivity index (χ1v) is 7.16. The van der Waals surface area contributed by atoms with Gasteiger partial charge in [-0.25, -0.2) is 0 Å². The minimum absolute atomic E-state index is 0.0215. The van der Waals surface area contributed by atoms with Gasteiger partial charge in [-0.05, 0) is 55.2 Å². The predicted molar refractivity (Wildman–Crippen MR) is 87.0 cm³/mol. The molecule has 0 aromatic heterocycles. The summed E-state index contributed by atoms with van der Waals surface area (Å²) in [4.78, 5) is 12.1. The summed E-state index contributed by atoms with van der Waals surface area (Å²) in [6, 6.07) is 13.7. The number of nitrogen functional groups attached to an aromatic ring is 1. The average Bonchev–Trinajstić information content (AvgIpc) is 2.43. The molecule has 0 saturated heterocycles. The van der Waals surface area contributed by atoms with Crippen LogP contribution in [0.1, 0.15) is 35.2 Å². The molecule has 2 aromatic rings. The van der Waals surface area contributed by atoms with Crippen LogP contribution < -0.4 is 11.1 Å². The van der Waals surface area contributed by atoms with Crippen molar-refractivity contribution in [3.05, 3.63) is 64.7 Å². The zero-order valence-electron chi connectivity index (χ0n) is 12.8. The zero-order valence-corrected chi connectivity index (χ0v) is 12.8. The van der Waals surface area contributed by atoms with Gasteiger partial charge in [-0.15, -0.1) is 0 Å². The third-order valence-electron chi connectivity index (χ3n) is 3.72. The number of rotatable bonds is 4. The van der Waals surface area contributed by atoms with Crippen molar-refractivity contribution >= 4 is 11.6 Å². The summed E-state index contributed by atoms with van der Waals surface area (Å²) < 4.78 is 0. The van der Waals surface area contributed by atoms with Crippen molar-refractivity contribution in [1.29, 1.82) is 0 Å². The maximum atomic E-state index is 12.1. The van der Waals surface area contributed by atoms with Gasteiger partial charge in [0, 0.05) is 5.69 Å². The van der Waals surface area contributed by atoms with E-state index >= 15 is 0 Å². The topological polar surface area (TPSA) is 55.1 Å². The number of nitrogens with one attached hydrogen (secondary N) is 1. The van der Waals surface area contributed by atoms with Crippen molar-refractivity contribution in [2.75, 3.05) is 5.73 Å². The molecule has 21 heavy (non-hydrogen) atoms. The summed E-state index contributed by atoms with van der Waals surface area (Å²) >= 11 is 0. The molecule has 0 radical (unpaired) electrons. The summed E-state index contributed by atoms with van der Waals surface area (Å²) in [6.07, 6.45) is 0.397. The van der Waals surface area contributed by atoms with Gasteiger partial charge >= 0.3 is 0 Å². The van der Waals surface area contributed by atoms with E-state index in [0.717, 1.165) is 11.1 Å². The van der Waals surface area contributed by atoms with Crippen LogP contribution in [0.2, 0.25) is 0 Å². The van der Waals surface area contributed by atoms with Crippen LogP contribution >= 0.6 is 0 Å². The average molecular weight is 282 g/mol. The van der Waals surface area contributed by atoms with E-state index in [1.165, 1.54) is 11.1 Å². The lowest BCUT2D eigenvalue weighted by Gasteiger charge is -2.15. The number of hydrogen-bond donors (Lipinski definition) is 2. The third-order valence-corrected chi connectivity index (χ3v) is 3.72. The molecule has 1 atom stereocenters. The number of carbonyl (C=O) groups excluding carboxylic acids is 1. The van der Waals surface area contributed by atoms with Crippen LogP contribution in [0.15, 0.2) is 42.5 Å². The minimum Gasteiger partial charge on any atom is -0.399 e. The van der Waals surface area contributed by atoms with Crippen LogP contribution in [0, 0.1) is 13.8 Å². The van der Waals surface area contributed by atoms with Crippen LogP contribution in [0.4, 0.5) is 5.69 Å². The Morgan fingerprint density at radius 1 is 1.14 bits per heavy atom. The molecular formula is C18H22N2O. The number of carbonyl (C=O) groups is 1. The highest BCUT2D eigenvalue weighted by Crippen LogP contribution is 2.16. The molecule has 0 aliphatic carbocycles. The number of hydrogen-bond acceptors (Lipinski definition) is 2. The van der Waals surface area contributed by atoms with Crippen molar-refractivity contribution in [2.45, 2.75) is 33.2 Å². The van der Waals surface area contributed by atoms with E-state index in [0.29, 0.717) is 12.1 Å². The molecule has 2 rings (SSSR count). The van der Waals surface area contributed by atoms with E-state index in [1.54, 1.807) is 0 Å². The van der Waals surface area contributed by atoms with Crippen LogP contribution in [0.3, 0.4) is 0 Å². The number of aryl methyl sites for hydroxylation is 2. The Kier molecular flexibility index (Phi) is 4.63. The maximum Gasteiger partial charge on any atom is 0.224 e. The molecule has 0 aliphatic heterocycles. The Morgan fingerprint density at radius 2 is 1.90 bits per heavy atom. The van der Waals surface area contributed by atoms with E-state index in [9.17, 15) is 4.79 Å². The standard InChI is InChI=1S/C18H22N2O/c1-12-7-8-15(9-13(12)2)10-18(21)20-14(3)16-5-4-6-17(19)11-16/h4-9,11,14H,10,19H2,1-3H3,(H,20,21). The van der Waals surface area contributed by atoms with Crippen molar-refractivity contribution in [3.63, 3.8) is 0 Å². The summed E-state index contributed by atoms with van der Waals surface area (Å²) in [6.45, 7) is 6.10. The SMILES string of the molecule is Cc1ccc(CC(=O)NC(C)c2cccc(N)c2)cc1C. The fraction of sp³-hybridized carbons (Fsp3) is 0.278. The van der Waals surface area contributed by atoms with E-state index in [4.69, 9.17) is 5.73 Å². The van der Waals surface area contributed by atoms with Gasteiger partial charge < -0.3 is 11.1 Å². The minimum atomic E-state index is -0.0486. The fourth-order valence-corrected chi connectivity index (χ4v) is 2.30. The van der Waals surface area contributed by atoms with Gasteiger partial charge in [0.15, 0.2) is 0 Å². The highest BCUT2D eigenvalue weighted by atomic mass is 16.1. The lowest BCUT2D eigenvalue weighted by atomic mass is 10.0. The Hall–Kier alpha value is -2.29. The second-order valence-corrected chi connectivity index (χ2v) is 5.55. The first-order valence-electron chi connectivity index (χ1n) is 7.16. The van der Waals surface area contributed by atoms with Gasteiger partial charge in [-0.2, -0.15) is 0 Å². The number of amides is 1. The third kappa shape index (κ3) is 4.09. The van der Waals surface area contributed by atoms with Gasteiger partial charge in [0.1, 0.15) is 0 Å². The van der Waals surface area contributed by atoms with Crippen molar-refractivity contribution in [3.8, 4) is 0 Å².